The fourth-order valence-electron chi connectivity index (χ4n) is 2.74. The Balaban J connectivity index is 1.52. The third-order valence-corrected chi connectivity index (χ3v) is 5.41. The summed E-state index contributed by atoms with van der Waals surface area (Å²) in [5.74, 6) is -0.00833. The Labute approximate surface area is 173 Å². The summed E-state index contributed by atoms with van der Waals surface area (Å²) in [5, 5.41) is 7.06. The van der Waals surface area contributed by atoms with Crippen molar-refractivity contribution < 1.29 is 9.59 Å². The van der Waals surface area contributed by atoms with Crippen molar-refractivity contribution in [2.45, 2.75) is 39.2 Å². The number of amides is 2. The molecule has 3 aromatic rings. The second-order valence-corrected chi connectivity index (χ2v) is 7.99. The number of nitrogens with zero attached hydrogens (tertiary/aromatic N) is 1. The summed E-state index contributed by atoms with van der Waals surface area (Å²) in [6.45, 7) is 2.46. The number of carbonyl (C=O) groups excluding carboxylic acids is 2. The minimum atomic E-state index is -0.0147. The smallest absolute Gasteiger partial charge is 0.226 e. The predicted molar refractivity (Wildman–Crippen MR) is 115 cm³/mol. The van der Waals surface area contributed by atoms with Crippen LogP contribution in [0.15, 0.2) is 42.5 Å². The molecular weight excluding hydrogens is 394 g/mol. The molecule has 0 unspecified atom stereocenters. The van der Waals surface area contributed by atoms with Gasteiger partial charge in [-0.15, -0.1) is 0 Å². The van der Waals surface area contributed by atoms with E-state index in [0.717, 1.165) is 27.8 Å². The summed E-state index contributed by atoms with van der Waals surface area (Å²) >= 11 is 7.32. The molecule has 0 aliphatic heterocycles. The SMILES string of the molecule is CCCC(=O)Nc1nc2ccc(CCC(=O)NCc3ccc(Cl)cc3)cc2s1. The Morgan fingerprint density at radius 3 is 2.54 bits per heavy atom. The van der Waals surface area contributed by atoms with Crippen LogP contribution in [0.2, 0.25) is 5.02 Å². The number of aromatic nitrogens is 1. The van der Waals surface area contributed by atoms with E-state index in [4.69, 9.17) is 11.6 Å². The molecule has 0 atom stereocenters. The molecule has 0 fully saturated rings. The van der Waals surface area contributed by atoms with Crippen LogP contribution in [0.1, 0.15) is 37.3 Å². The number of halogens is 1. The van der Waals surface area contributed by atoms with Crippen LogP contribution in [-0.4, -0.2) is 16.8 Å². The van der Waals surface area contributed by atoms with Crippen LogP contribution in [-0.2, 0) is 22.6 Å². The standard InChI is InChI=1S/C21H22ClN3O2S/c1-2-3-20(27)25-21-24-17-10-6-14(12-18(17)28-21)7-11-19(26)23-13-15-4-8-16(22)9-5-15/h4-6,8-10,12H,2-3,7,11,13H2,1H3,(H,23,26)(H,24,25,27). The van der Waals surface area contributed by atoms with Crippen molar-refractivity contribution in [1.82, 2.24) is 10.3 Å². The zero-order valence-electron chi connectivity index (χ0n) is 15.6. The number of hydrogen-bond acceptors (Lipinski definition) is 4. The Morgan fingerprint density at radius 2 is 1.79 bits per heavy atom. The second-order valence-electron chi connectivity index (χ2n) is 6.52. The van der Waals surface area contributed by atoms with Gasteiger partial charge in [-0.2, -0.15) is 0 Å². The van der Waals surface area contributed by atoms with E-state index < -0.39 is 0 Å². The van der Waals surface area contributed by atoms with Gasteiger partial charge in [-0.05, 0) is 48.2 Å². The Kier molecular flexibility index (Phi) is 7.01. The number of fused-ring (bicyclic) bond motifs is 1. The summed E-state index contributed by atoms with van der Waals surface area (Å²) < 4.78 is 1.01. The van der Waals surface area contributed by atoms with Gasteiger partial charge in [0.1, 0.15) is 0 Å². The first-order valence-corrected chi connectivity index (χ1v) is 10.4. The molecular formula is C21H22ClN3O2S. The Bertz CT molecular complexity index is 969. The van der Waals surface area contributed by atoms with E-state index in [1.54, 1.807) is 0 Å². The molecule has 146 valence electrons. The molecule has 7 heteroatoms. The maximum Gasteiger partial charge on any atom is 0.226 e. The molecule has 3 rings (SSSR count). The highest BCUT2D eigenvalue weighted by atomic mass is 35.5. The first-order valence-electron chi connectivity index (χ1n) is 9.24. The molecule has 0 radical (unpaired) electrons. The molecule has 0 spiro atoms. The van der Waals surface area contributed by atoms with E-state index >= 15 is 0 Å². The van der Waals surface area contributed by atoms with E-state index in [1.165, 1.54) is 11.3 Å². The molecule has 28 heavy (non-hydrogen) atoms. The number of thiazole rings is 1. The minimum absolute atomic E-state index is 0.00636. The van der Waals surface area contributed by atoms with E-state index in [2.05, 4.69) is 15.6 Å². The van der Waals surface area contributed by atoms with Gasteiger partial charge in [0, 0.05) is 24.4 Å². The van der Waals surface area contributed by atoms with Crippen LogP contribution < -0.4 is 10.6 Å². The molecule has 0 bridgehead atoms. The monoisotopic (exact) mass is 415 g/mol. The first-order chi connectivity index (χ1) is 13.5. The summed E-state index contributed by atoms with van der Waals surface area (Å²) in [7, 11) is 0. The van der Waals surface area contributed by atoms with Crippen molar-refractivity contribution in [2.75, 3.05) is 5.32 Å². The van der Waals surface area contributed by atoms with Gasteiger partial charge in [0.25, 0.3) is 0 Å². The van der Waals surface area contributed by atoms with Crippen LogP contribution >= 0.6 is 22.9 Å². The lowest BCUT2D eigenvalue weighted by molar-refractivity contribution is -0.121. The second kappa shape index (κ2) is 9.66. The average Bonchev–Trinajstić information content (AvgIpc) is 3.07. The number of benzene rings is 2. The molecule has 2 N–H and O–H groups in total. The van der Waals surface area contributed by atoms with Crippen molar-refractivity contribution in [3.63, 3.8) is 0 Å². The van der Waals surface area contributed by atoms with Gasteiger partial charge in [0.2, 0.25) is 11.8 Å². The van der Waals surface area contributed by atoms with Gasteiger partial charge in [0.05, 0.1) is 10.2 Å². The highest BCUT2D eigenvalue weighted by molar-refractivity contribution is 7.22. The van der Waals surface area contributed by atoms with Crippen LogP contribution in [0.3, 0.4) is 0 Å². The summed E-state index contributed by atoms with van der Waals surface area (Å²) in [5.41, 5.74) is 2.94. The molecule has 2 aromatic carbocycles. The third kappa shape index (κ3) is 5.78. The number of aryl methyl sites for hydroxylation is 1. The number of carbonyl (C=O) groups is 2. The maximum atomic E-state index is 12.1. The average molecular weight is 416 g/mol. The molecule has 1 heterocycles. The number of rotatable bonds is 8. The first kappa shape index (κ1) is 20.3. The number of hydrogen-bond donors (Lipinski definition) is 2. The number of nitrogens with one attached hydrogen (secondary N) is 2. The van der Waals surface area contributed by atoms with E-state index in [0.29, 0.717) is 36.0 Å². The highest BCUT2D eigenvalue weighted by Crippen LogP contribution is 2.27. The van der Waals surface area contributed by atoms with Crippen molar-refractivity contribution in [3.8, 4) is 0 Å². The largest absolute Gasteiger partial charge is 0.352 e. The van der Waals surface area contributed by atoms with Crippen LogP contribution in [0.25, 0.3) is 10.2 Å². The van der Waals surface area contributed by atoms with Gasteiger partial charge in [0.15, 0.2) is 5.13 Å². The topological polar surface area (TPSA) is 71.1 Å². The van der Waals surface area contributed by atoms with Gasteiger partial charge < -0.3 is 10.6 Å². The van der Waals surface area contributed by atoms with Gasteiger partial charge in [-0.1, -0.05) is 48.1 Å². The van der Waals surface area contributed by atoms with E-state index in [9.17, 15) is 9.59 Å². The number of anilines is 1. The van der Waals surface area contributed by atoms with E-state index in [-0.39, 0.29) is 11.8 Å². The maximum absolute atomic E-state index is 12.1. The fourth-order valence-corrected chi connectivity index (χ4v) is 3.81. The van der Waals surface area contributed by atoms with Gasteiger partial charge in [-0.25, -0.2) is 4.98 Å². The lowest BCUT2D eigenvalue weighted by Crippen LogP contribution is -2.22. The zero-order chi connectivity index (χ0) is 19.9. The molecule has 0 aliphatic rings. The Hall–Kier alpha value is -2.44. The van der Waals surface area contributed by atoms with Crippen LogP contribution in [0, 0.1) is 0 Å². The normalized spacial score (nSPS) is 10.8. The molecule has 5 nitrogen and oxygen atoms in total. The highest BCUT2D eigenvalue weighted by Gasteiger charge is 2.09. The summed E-state index contributed by atoms with van der Waals surface area (Å²) in [6.07, 6.45) is 2.36. The summed E-state index contributed by atoms with van der Waals surface area (Å²) in [4.78, 5) is 28.3. The minimum Gasteiger partial charge on any atom is -0.352 e. The van der Waals surface area contributed by atoms with Crippen molar-refractivity contribution >= 4 is 50.1 Å². The van der Waals surface area contributed by atoms with Gasteiger partial charge >= 0.3 is 0 Å². The van der Waals surface area contributed by atoms with Crippen molar-refractivity contribution in [3.05, 3.63) is 58.6 Å². The zero-order valence-corrected chi connectivity index (χ0v) is 17.2. The fraction of sp³-hybridized carbons (Fsp3) is 0.286. The Morgan fingerprint density at radius 1 is 1.04 bits per heavy atom. The molecule has 2 amide bonds. The van der Waals surface area contributed by atoms with Crippen LogP contribution in [0.4, 0.5) is 5.13 Å². The molecule has 0 saturated heterocycles. The lowest BCUT2D eigenvalue weighted by Gasteiger charge is -2.06. The predicted octanol–water partition coefficient (Wildman–Crippen LogP) is 4.94. The van der Waals surface area contributed by atoms with Crippen molar-refractivity contribution in [1.29, 1.82) is 0 Å². The van der Waals surface area contributed by atoms with Gasteiger partial charge in [-0.3, -0.25) is 9.59 Å². The van der Waals surface area contributed by atoms with Crippen LogP contribution in [0.5, 0.6) is 0 Å². The molecule has 0 aliphatic carbocycles. The summed E-state index contributed by atoms with van der Waals surface area (Å²) in [6, 6.07) is 13.4. The van der Waals surface area contributed by atoms with Crippen molar-refractivity contribution in [2.24, 2.45) is 0 Å². The molecule has 0 saturated carbocycles. The molecule has 1 aromatic heterocycles. The third-order valence-electron chi connectivity index (χ3n) is 4.22. The lowest BCUT2D eigenvalue weighted by atomic mass is 10.1. The quantitative estimate of drug-likeness (QED) is 0.547. The van der Waals surface area contributed by atoms with E-state index in [1.807, 2.05) is 49.4 Å².